The summed E-state index contributed by atoms with van der Waals surface area (Å²) in [7, 11) is 1.63. The summed E-state index contributed by atoms with van der Waals surface area (Å²) < 4.78 is 45.0. The molecule has 1 unspecified atom stereocenters. The number of carbonyl (C=O) groups is 2. The van der Waals surface area contributed by atoms with Gasteiger partial charge in [-0.15, -0.1) is 0 Å². The van der Waals surface area contributed by atoms with Crippen LogP contribution in [0.2, 0.25) is 0 Å². The van der Waals surface area contributed by atoms with Gasteiger partial charge in [-0.25, -0.2) is 13.2 Å². The first-order valence-electron chi connectivity index (χ1n) is 12.5. The molecule has 0 aromatic heterocycles. The van der Waals surface area contributed by atoms with E-state index in [0.29, 0.717) is 38.3 Å². The smallest absolute Gasteiger partial charge is 0.321 e. The molecule has 1 aliphatic heterocycles. The van der Waals surface area contributed by atoms with Gasteiger partial charge in [0.25, 0.3) is 0 Å². The van der Waals surface area contributed by atoms with Crippen LogP contribution in [0.25, 0.3) is 6.08 Å². The minimum atomic E-state index is -1.56. The van der Waals surface area contributed by atoms with Gasteiger partial charge >= 0.3 is 5.97 Å². The molecule has 2 aliphatic rings. The molecule has 37 heavy (non-hydrogen) atoms. The maximum Gasteiger partial charge on any atom is 0.321 e. The average Bonchev–Trinajstić information content (AvgIpc) is 3.33. The van der Waals surface area contributed by atoms with Crippen LogP contribution in [0.3, 0.4) is 0 Å². The van der Waals surface area contributed by atoms with Gasteiger partial charge < -0.3 is 15.2 Å². The molecule has 0 spiro atoms. The van der Waals surface area contributed by atoms with Crippen molar-refractivity contribution in [2.75, 3.05) is 20.2 Å². The Kier molecular flexibility index (Phi) is 8.53. The van der Waals surface area contributed by atoms with Gasteiger partial charge in [0, 0.05) is 12.1 Å². The normalized spacial score (nSPS) is 21.7. The standard InChI is InChI=1S/C28H31F3N2O4/c1-37-22-7-4-18(5-8-22)19-10-12-33(13-11-19)27(28(35)36)20-3-6-21(16-20)32-25(34)9-2-17-14-23(29)26(31)24(30)15-17/h2,4-5,7-9,14-15,19-21,27H,3,6,10-13,16H2,1H3,(H,32,34)(H,35,36)/b9-2+/t20?,21-,27+/m0/s1. The van der Waals surface area contributed by atoms with Crippen LogP contribution < -0.4 is 10.1 Å². The maximum absolute atomic E-state index is 13.4. The Labute approximate surface area is 214 Å². The van der Waals surface area contributed by atoms with E-state index in [9.17, 15) is 27.9 Å². The molecular formula is C28H31F3N2O4. The van der Waals surface area contributed by atoms with Gasteiger partial charge in [-0.05, 0) is 98.5 Å². The molecule has 2 N–H and O–H groups in total. The van der Waals surface area contributed by atoms with E-state index in [0.717, 1.165) is 36.8 Å². The van der Waals surface area contributed by atoms with Gasteiger partial charge in [0.15, 0.2) is 17.5 Å². The van der Waals surface area contributed by atoms with Gasteiger partial charge in [-0.3, -0.25) is 14.5 Å². The van der Waals surface area contributed by atoms with Gasteiger partial charge in [-0.1, -0.05) is 12.1 Å². The number of nitrogens with zero attached hydrogens (tertiary/aromatic N) is 1. The predicted molar refractivity (Wildman–Crippen MR) is 133 cm³/mol. The summed E-state index contributed by atoms with van der Waals surface area (Å²) >= 11 is 0. The lowest BCUT2D eigenvalue weighted by molar-refractivity contribution is -0.146. The minimum absolute atomic E-state index is 0.0276. The van der Waals surface area contributed by atoms with Crippen molar-refractivity contribution in [3.63, 3.8) is 0 Å². The highest BCUT2D eigenvalue weighted by Gasteiger charge is 2.40. The van der Waals surface area contributed by atoms with Crippen LogP contribution in [0.4, 0.5) is 13.2 Å². The number of methoxy groups -OCH3 is 1. The lowest BCUT2D eigenvalue weighted by Gasteiger charge is -2.38. The first-order valence-corrected chi connectivity index (χ1v) is 12.5. The molecule has 1 saturated carbocycles. The summed E-state index contributed by atoms with van der Waals surface area (Å²) in [5.74, 6) is -4.42. The molecule has 4 rings (SSSR count). The Bertz CT molecular complexity index is 1120. The van der Waals surface area contributed by atoms with Crippen molar-refractivity contribution < 1.29 is 32.6 Å². The summed E-state index contributed by atoms with van der Waals surface area (Å²) in [6.07, 6.45) is 5.96. The van der Waals surface area contributed by atoms with E-state index in [1.54, 1.807) is 7.11 Å². The third-order valence-corrected chi connectivity index (χ3v) is 7.46. The average molecular weight is 517 g/mol. The number of benzene rings is 2. The molecule has 198 valence electrons. The van der Waals surface area contributed by atoms with Crippen molar-refractivity contribution in [1.29, 1.82) is 0 Å². The molecule has 1 heterocycles. The van der Waals surface area contributed by atoms with Crippen molar-refractivity contribution in [3.8, 4) is 5.75 Å². The number of hydrogen-bond acceptors (Lipinski definition) is 4. The summed E-state index contributed by atoms with van der Waals surface area (Å²) in [5.41, 5.74) is 1.26. The van der Waals surface area contributed by atoms with Crippen LogP contribution >= 0.6 is 0 Å². The van der Waals surface area contributed by atoms with Crippen LogP contribution in [-0.2, 0) is 9.59 Å². The summed E-state index contributed by atoms with van der Waals surface area (Å²) in [5, 5.41) is 12.9. The molecule has 1 saturated heterocycles. The van der Waals surface area contributed by atoms with Gasteiger partial charge in [-0.2, -0.15) is 0 Å². The van der Waals surface area contributed by atoms with Gasteiger partial charge in [0.2, 0.25) is 5.91 Å². The number of ether oxygens (including phenoxy) is 1. The van der Waals surface area contributed by atoms with E-state index in [1.165, 1.54) is 11.6 Å². The molecule has 1 amide bonds. The number of carboxylic acid groups (broad SMARTS) is 1. The van der Waals surface area contributed by atoms with Crippen LogP contribution in [0.5, 0.6) is 5.75 Å². The molecule has 6 nitrogen and oxygen atoms in total. The third-order valence-electron chi connectivity index (χ3n) is 7.46. The first-order chi connectivity index (χ1) is 17.7. The summed E-state index contributed by atoms with van der Waals surface area (Å²) in [4.78, 5) is 26.6. The largest absolute Gasteiger partial charge is 0.497 e. The number of halogens is 3. The second-order valence-electron chi connectivity index (χ2n) is 9.78. The Morgan fingerprint density at radius 3 is 2.30 bits per heavy atom. The van der Waals surface area contributed by atoms with Crippen molar-refractivity contribution in [2.45, 2.75) is 50.1 Å². The molecule has 1 aliphatic carbocycles. The minimum Gasteiger partial charge on any atom is -0.497 e. The van der Waals surface area contributed by atoms with Crippen molar-refractivity contribution >= 4 is 18.0 Å². The Morgan fingerprint density at radius 2 is 1.70 bits per heavy atom. The molecule has 2 fully saturated rings. The zero-order chi connectivity index (χ0) is 26.5. The Balaban J connectivity index is 1.30. The Hall–Kier alpha value is -3.33. The number of nitrogens with one attached hydrogen (secondary N) is 1. The quantitative estimate of drug-likeness (QED) is 0.391. The van der Waals surface area contributed by atoms with Crippen molar-refractivity contribution in [1.82, 2.24) is 10.2 Å². The topological polar surface area (TPSA) is 78.9 Å². The predicted octanol–water partition coefficient (Wildman–Crippen LogP) is 4.74. The van der Waals surface area contributed by atoms with E-state index in [1.807, 2.05) is 12.1 Å². The number of amides is 1. The molecule has 0 bridgehead atoms. The molecule has 2 aromatic carbocycles. The van der Waals surface area contributed by atoms with Gasteiger partial charge in [0.05, 0.1) is 7.11 Å². The Morgan fingerprint density at radius 1 is 1.05 bits per heavy atom. The summed E-state index contributed by atoms with van der Waals surface area (Å²) in [6, 6.07) is 8.83. The van der Waals surface area contributed by atoms with E-state index in [4.69, 9.17) is 4.74 Å². The molecule has 3 atom stereocenters. The van der Waals surface area contributed by atoms with E-state index in [-0.39, 0.29) is 17.5 Å². The lowest BCUT2D eigenvalue weighted by atomic mass is 9.87. The number of likely N-dealkylation sites (tertiary alicyclic amines) is 1. The number of hydrogen-bond donors (Lipinski definition) is 2. The molecular weight excluding hydrogens is 485 g/mol. The van der Waals surface area contributed by atoms with Gasteiger partial charge in [0.1, 0.15) is 11.8 Å². The van der Waals surface area contributed by atoms with Crippen LogP contribution in [0, 0.1) is 23.4 Å². The molecule has 0 radical (unpaired) electrons. The van der Waals surface area contributed by atoms with Crippen molar-refractivity contribution in [3.05, 3.63) is 71.1 Å². The molecule has 2 aromatic rings. The van der Waals surface area contributed by atoms with Crippen molar-refractivity contribution in [2.24, 2.45) is 5.92 Å². The van der Waals surface area contributed by atoms with E-state index < -0.39 is 35.4 Å². The van der Waals surface area contributed by atoms with E-state index in [2.05, 4.69) is 22.3 Å². The second kappa shape index (κ2) is 11.8. The third kappa shape index (κ3) is 6.52. The second-order valence-corrected chi connectivity index (χ2v) is 9.78. The zero-order valence-corrected chi connectivity index (χ0v) is 20.6. The number of aliphatic carboxylic acids is 1. The highest BCUT2D eigenvalue weighted by molar-refractivity contribution is 5.91. The van der Waals surface area contributed by atoms with Crippen LogP contribution in [0.1, 0.15) is 49.1 Å². The summed E-state index contributed by atoms with van der Waals surface area (Å²) in [6.45, 7) is 1.38. The van der Waals surface area contributed by atoms with Crippen LogP contribution in [-0.4, -0.2) is 54.2 Å². The first kappa shape index (κ1) is 26.7. The number of carboxylic acids is 1. The SMILES string of the molecule is COc1ccc(C2CCN([C@@H](C(=O)O)C3CC[C@H](NC(=O)/C=C/c4cc(F)c(F)c(F)c4)C3)CC2)cc1. The van der Waals surface area contributed by atoms with Crippen LogP contribution in [0.15, 0.2) is 42.5 Å². The lowest BCUT2D eigenvalue weighted by Crippen LogP contribution is -2.49. The van der Waals surface area contributed by atoms with E-state index >= 15 is 0 Å². The fourth-order valence-electron chi connectivity index (χ4n) is 5.57. The monoisotopic (exact) mass is 516 g/mol. The number of rotatable bonds is 8. The maximum atomic E-state index is 13.4. The highest BCUT2D eigenvalue weighted by Crippen LogP contribution is 2.35. The highest BCUT2D eigenvalue weighted by atomic mass is 19.2. The number of piperidine rings is 1. The molecule has 9 heteroatoms. The fourth-order valence-corrected chi connectivity index (χ4v) is 5.57. The number of carbonyl (C=O) groups excluding carboxylic acids is 1. The zero-order valence-electron chi connectivity index (χ0n) is 20.6. The fraction of sp³-hybridized carbons (Fsp3) is 0.429.